The van der Waals surface area contributed by atoms with Crippen LogP contribution >= 0.6 is 0 Å². The fourth-order valence-corrected chi connectivity index (χ4v) is 3.04. The van der Waals surface area contributed by atoms with Crippen molar-refractivity contribution in [2.24, 2.45) is 0 Å². The van der Waals surface area contributed by atoms with E-state index >= 15 is 0 Å². The van der Waals surface area contributed by atoms with Crippen LogP contribution in [-0.4, -0.2) is 32.2 Å². The fourth-order valence-electron chi connectivity index (χ4n) is 3.04. The highest BCUT2D eigenvalue weighted by Gasteiger charge is 2.18. The molecule has 1 atom stereocenters. The van der Waals surface area contributed by atoms with Gasteiger partial charge in [-0.3, -0.25) is 4.79 Å². The summed E-state index contributed by atoms with van der Waals surface area (Å²) in [6.07, 6.45) is 0. The summed E-state index contributed by atoms with van der Waals surface area (Å²) in [4.78, 5) is 24.5. The molecule has 31 heavy (non-hydrogen) atoms. The fraction of sp³-hybridized carbons (Fsp3) is 0.200. The molecule has 0 fully saturated rings. The average molecular weight is 419 g/mol. The van der Waals surface area contributed by atoms with Gasteiger partial charge in [-0.25, -0.2) is 4.79 Å². The number of hydrogen-bond acceptors (Lipinski definition) is 5. The summed E-state index contributed by atoms with van der Waals surface area (Å²) >= 11 is 0. The molecule has 0 bridgehead atoms. The van der Waals surface area contributed by atoms with Gasteiger partial charge in [0.25, 0.3) is 5.91 Å². The van der Waals surface area contributed by atoms with E-state index in [1.54, 1.807) is 13.2 Å². The van der Waals surface area contributed by atoms with Gasteiger partial charge in [-0.15, -0.1) is 0 Å². The Morgan fingerprint density at radius 2 is 1.55 bits per heavy atom. The second-order valence-corrected chi connectivity index (χ2v) is 6.95. The molecule has 0 saturated carbocycles. The van der Waals surface area contributed by atoms with Crippen LogP contribution in [0.4, 0.5) is 0 Å². The van der Waals surface area contributed by atoms with Crippen molar-refractivity contribution in [1.82, 2.24) is 5.32 Å². The maximum absolute atomic E-state index is 12.5. The first-order valence-corrected chi connectivity index (χ1v) is 9.88. The highest BCUT2D eigenvalue weighted by molar-refractivity contribution is 5.81. The lowest BCUT2D eigenvalue weighted by Gasteiger charge is -2.20. The van der Waals surface area contributed by atoms with E-state index in [1.807, 2.05) is 79.7 Å². The SMILES string of the molecule is COc1ccc([C@H](NC(=O)COC(=O)COc2cccc(C)c2)c2ccccc2)cc1. The normalized spacial score (nSPS) is 11.3. The Bertz CT molecular complexity index is 1000. The molecule has 6 nitrogen and oxygen atoms in total. The first-order chi connectivity index (χ1) is 15.0. The number of aryl methyl sites for hydroxylation is 1. The maximum Gasteiger partial charge on any atom is 0.344 e. The Morgan fingerprint density at radius 1 is 0.839 bits per heavy atom. The molecule has 0 spiro atoms. The van der Waals surface area contributed by atoms with Crippen LogP contribution < -0.4 is 14.8 Å². The van der Waals surface area contributed by atoms with Crippen molar-refractivity contribution in [2.75, 3.05) is 20.3 Å². The van der Waals surface area contributed by atoms with Crippen LogP contribution in [0.2, 0.25) is 0 Å². The van der Waals surface area contributed by atoms with E-state index in [-0.39, 0.29) is 12.6 Å². The van der Waals surface area contributed by atoms with Crippen LogP contribution in [0.25, 0.3) is 0 Å². The van der Waals surface area contributed by atoms with Gasteiger partial charge in [-0.1, -0.05) is 54.6 Å². The van der Waals surface area contributed by atoms with Gasteiger partial charge < -0.3 is 19.5 Å². The quantitative estimate of drug-likeness (QED) is 0.534. The van der Waals surface area contributed by atoms with E-state index in [4.69, 9.17) is 14.2 Å². The number of hydrogen-bond donors (Lipinski definition) is 1. The van der Waals surface area contributed by atoms with Gasteiger partial charge in [0.05, 0.1) is 13.2 Å². The van der Waals surface area contributed by atoms with Crippen LogP contribution in [0.3, 0.4) is 0 Å². The van der Waals surface area contributed by atoms with Gasteiger partial charge in [-0.05, 0) is 47.9 Å². The molecule has 160 valence electrons. The molecule has 1 N–H and O–H groups in total. The van der Waals surface area contributed by atoms with Crippen LogP contribution in [0.5, 0.6) is 11.5 Å². The summed E-state index contributed by atoms with van der Waals surface area (Å²) in [7, 11) is 1.60. The number of carbonyl (C=O) groups is 2. The average Bonchev–Trinajstić information content (AvgIpc) is 2.80. The summed E-state index contributed by atoms with van der Waals surface area (Å²) in [5.74, 6) is 0.278. The maximum atomic E-state index is 12.5. The predicted molar refractivity (Wildman–Crippen MR) is 117 cm³/mol. The Hall–Kier alpha value is -3.80. The van der Waals surface area contributed by atoms with Crippen molar-refractivity contribution >= 4 is 11.9 Å². The molecule has 3 aromatic carbocycles. The van der Waals surface area contributed by atoms with Crippen molar-refractivity contribution in [3.05, 3.63) is 95.6 Å². The monoisotopic (exact) mass is 419 g/mol. The van der Waals surface area contributed by atoms with E-state index in [9.17, 15) is 9.59 Å². The molecular formula is C25H25NO5. The standard InChI is InChI=1S/C25H25NO5/c1-18-7-6-10-22(15-18)30-17-24(28)31-16-23(27)26-25(19-8-4-3-5-9-19)20-11-13-21(29-2)14-12-20/h3-15,25H,16-17H2,1-2H3,(H,26,27)/t25-/m1/s1. The topological polar surface area (TPSA) is 73.9 Å². The van der Waals surface area contributed by atoms with Crippen molar-refractivity contribution < 1.29 is 23.8 Å². The molecule has 3 aromatic rings. The third kappa shape index (κ3) is 6.60. The summed E-state index contributed by atoms with van der Waals surface area (Å²) in [5.41, 5.74) is 2.82. The molecule has 0 saturated heterocycles. The summed E-state index contributed by atoms with van der Waals surface area (Å²) in [6, 6.07) is 24.0. The third-order valence-electron chi connectivity index (χ3n) is 4.60. The minimum Gasteiger partial charge on any atom is -0.497 e. The first kappa shape index (κ1) is 21.9. The van der Waals surface area contributed by atoms with Gasteiger partial charge >= 0.3 is 5.97 Å². The van der Waals surface area contributed by atoms with Crippen molar-refractivity contribution in [1.29, 1.82) is 0 Å². The van der Waals surface area contributed by atoms with Crippen LogP contribution in [0.15, 0.2) is 78.9 Å². The first-order valence-electron chi connectivity index (χ1n) is 9.88. The largest absolute Gasteiger partial charge is 0.497 e. The molecule has 3 rings (SSSR count). The number of ether oxygens (including phenoxy) is 3. The molecular weight excluding hydrogens is 394 g/mol. The van der Waals surface area contributed by atoms with Crippen molar-refractivity contribution in [2.45, 2.75) is 13.0 Å². The zero-order chi connectivity index (χ0) is 22.1. The van der Waals surface area contributed by atoms with Crippen molar-refractivity contribution in [3.63, 3.8) is 0 Å². The summed E-state index contributed by atoms with van der Waals surface area (Å²) in [5, 5.41) is 2.93. The molecule has 6 heteroatoms. The molecule has 0 aliphatic rings. The van der Waals surface area contributed by atoms with E-state index in [2.05, 4.69) is 5.32 Å². The lowest BCUT2D eigenvalue weighted by molar-refractivity contribution is -0.150. The lowest BCUT2D eigenvalue weighted by Crippen LogP contribution is -2.33. The van der Waals surface area contributed by atoms with Crippen molar-refractivity contribution in [3.8, 4) is 11.5 Å². The molecule has 0 aliphatic heterocycles. The van der Waals surface area contributed by atoms with E-state index in [0.717, 1.165) is 22.4 Å². The molecule has 0 heterocycles. The number of methoxy groups -OCH3 is 1. The molecule has 0 unspecified atom stereocenters. The predicted octanol–water partition coefficient (Wildman–Crippen LogP) is 3.83. The number of nitrogens with one attached hydrogen (secondary N) is 1. The third-order valence-corrected chi connectivity index (χ3v) is 4.60. The number of rotatable bonds is 9. The van der Waals surface area contributed by atoms with Crippen LogP contribution in [0.1, 0.15) is 22.7 Å². The number of amides is 1. The van der Waals surface area contributed by atoms with Gasteiger partial charge in [0.2, 0.25) is 0 Å². The molecule has 0 aliphatic carbocycles. The number of esters is 1. The highest BCUT2D eigenvalue weighted by Crippen LogP contribution is 2.24. The van der Waals surface area contributed by atoms with Gasteiger partial charge in [0.1, 0.15) is 11.5 Å². The highest BCUT2D eigenvalue weighted by atomic mass is 16.6. The Kier molecular flexibility index (Phi) is 7.65. The zero-order valence-electron chi connectivity index (χ0n) is 17.5. The number of benzene rings is 3. The van der Waals surface area contributed by atoms with Gasteiger partial charge in [0.15, 0.2) is 13.2 Å². The lowest BCUT2D eigenvalue weighted by atomic mass is 9.98. The van der Waals surface area contributed by atoms with Gasteiger partial charge in [0, 0.05) is 0 Å². The molecule has 0 aromatic heterocycles. The van der Waals surface area contributed by atoms with Gasteiger partial charge in [-0.2, -0.15) is 0 Å². The Balaban J connectivity index is 1.57. The minimum atomic E-state index is -0.614. The minimum absolute atomic E-state index is 0.267. The molecule has 1 amide bonds. The number of carbonyl (C=O) groups excluding carboxylic acids is 2. The van der Waals surface area contributed by atoms with E-state index in [0.29, 0.717) is 5.75 Å². The second-order valence-electron chi connectivity index (χ2n) is 6.95. The smallest absolute Gasteiger partial charge is 0.344 e. The summed E-state index contributed by atoms with van der Waals surface area (Å²) in [6.45, 7) is 1.27. The second kappa shape index (κ2) is 10.8. The van der Waals surface area contributed by atoms with E-state index < -0.39 is 18.5 Å². The Labute approximate surface area is 181 Å². The molecule has 0 radical (unpaired) electrons. The van der Waals surface area contributed by atoms with E-state index in [1.165, 1.54) is 0 Å². The van der Waals surface area contributed by atoms with Crippen LogP contribution in [-0.2, 0) is 14.3 Å². The zero-order valence-corrected chi connectivity index (χ0v) is 17.5. The Morgan fingerprint density at radius 3 is 2.23 bits per heavy atom. The van der Waals surface area contributed by atoms with Crippen LogP contribution in [0, 0.1) is 6.92 Å². The summed E-state index contributed by atoms with van der Waals surface area (Å²) < 4.78 is 15.7.